The Labute approximate surface area is 109 Å². The highest BCUT2D eigenvalue weighted by molar-refractivity contribution is 7.99. The van der Waals surface area contributed by atoms with Crippen LogP contribution in [0.15, 0.2) is 22.2 Å². The summed E-state index contributed by atoms with van der Waals surface area (Å²) in [5.74, 6) is -0.368. The van der Waals surface area contributed by atoms with Crippen LogP contribution in [0.1, 0.15) is 32.2 Å². The molecule has 5 nitrogen and oxygen atoms in total. The van der Waals surface area contributed by atoms with Crippen LogP contribution in [-0.4, -0.2) is 26.4 Å². The van der Waals surface area contributed by atoms with E-state index in [1.807, 2.05) is 4.57 Å². The molecule has 1 atom stereocenters. The second-order valence-corrected chi connectivity index (χ2v) is 5.51. The maximum Gasteiger partial charge on any atom is 0.313 e. The monoisotopic (exact) mass is 268 g/mol. The molecule has 98 valence electrons. The minimum atomic E-state index is -0.902. The third-order valence-corrected chi connectivity index (χ3v) is 4.35. The fourth-order valence-electron chi connectivity index (χ4n) is 2.09. The lowest BCUT2D eigenvalue weighted by Gasteiger charge is -2.33. The quantitative estimate of drug-likeness (QED) is 0.651. The number of hydrogen-bond donors (Lipinski definition) is 1. The van der Waals surface area contributed by atoms with Gasteiger partial charge in [-0.3, -0.25) is 9.59 Å². The molecule has 1 heterocycles. The maximum absolute atomic E-state index is 11.3. The van der Waals surface area contributed by atoms with Gasteiger partial charge in [0.15, 0.2) is 5.16 Å². The molecule has 18 heavy (non-hydrogen) atoms. The molecule has 1 saturated carbocycles. The standard InChI is InChI=1S/C12H16N2O3S/c1-8(9-3-2-4-9)14-6-5-10(15)13-12(14)18-7-11(16)17/h5-6,8-9H,2-4,7H2,1H3,(H,16,17). The number of carbonyl (C=O) groups is 1. The predicted molar refractivity (Wildman–Crippen MR) is 68.9 cm³/mol. The van der Waals surface area contributed by atoms with Crippen molar-refractivity contribution >= 4 is 17.7 Å². The van der Waals surface area contributed by atoms with Crippen molar-refractivity contribution in [1.82, 2.24) is 9.55 Å². The molecule has 6 heteroatoms. The molecular weight excluding hydrogens is 252 g/mol. The molecule has 1 N–H and O–H groups in total. The first-order valence-corrected chi connectivity index (χ1v) is 7.00. The summed E-state index contributed by atoms with van der Waals surface area (Å²) in [6.07, 6.45) is 5.36. The van der Waals surface area contributed by atoms with E-state index in [2.05, 4.69) is 11.9 Å². The van der Waals surface area contributed by atoms with Crippen LogP contribution in [-0.2, 0) is 4.79 Å². The number of hydrogen-bond acceptors (Lipinski definition) is 4. The Morgan fingerprint density at radius 2 is 2.39 bits per heavy atom. The molecule has 0 bridgehead atoms. The number of rotatable bonds is 5. The van der Waals surface area contributed by atoms with Gasteiger partial charge in [-0.15, -0.1) is 0 Å². The van der Waals surface area contributed by atoms with E-state index in [-0.39, 0.29) is 17.4 Å². The van der Waals surface area contributed by atoms with Crippen LogP contribution in [0.25, 0.3) is 0 Å². The molecule has 0 radical (unpaired) electrons. The molecule has 0 spiro atoms. The highest BCUT2D eigenvalue weighted by atomic mass is 32.2. The van der Waals surface area contributed by atoms with Gasteiger partial charge in [0.25, 0.3) is 5.56 Å². The minimum absolute atomic E-state index is 0.0756. The van der Waals surface area contributed by atoms with Gasteiger partial charge in [0, 0.05) is 18.3 Å². The van der Waals surface area contributed by atoms with Gasteiger partial charge < -0.3 is 9.67 Å². The van der Waals surface area contributed by atoms with Crippen molar-refractivity contribution in [3.05, 3.63) is 22.6 Å². The molecule has 0 aliphatic heterocycles. The molecular formula is C12H16N2O3S. The molecule has 1 aromatic heterocycles. The maximum atomic E-state index is 11.3. The summed E-state index contributed by atoms with van der Waals surface area (Å²) in [6, 6.07) is 1.70. The molecule has 2 rings (SSSR count). The van der Waals surface area contributed by atoms with Gasteiger partial charge in [-0.1, -0.05) is 18.2 Å². The van der Waals surface area contributed by atoms with Gasteiger partial charge in [0.2, 0.25) is 0 Å². The molecule has 1 aliphatic rings. The average Bonchev–Trinajstić information content (AvgIpc) is 2.23. The largest absolute Gasteiger partial charge is 0.481 e. The van der Waals surface area contributed by atoms with Crippen molar-refractivity contribution in [2.45, 2.75) is 37.4 Å². The highest BCUT2D eigenvalue weighted by Gasteiger charge is 2.26. The Kier molecular flexibility index (Phi) is 4.06. The molecule has 1 unspecified atom stereocenters. The van der Waals surface area contributed by atoms with E-state index in [0.717, 1.165) is 11.8 Å². The van der Waals surface area contributed by atoms with Crippen molar-refractivity contribution in [2.24, 2.45) is 5.92 Å². The van der Waals surface area contributed by atoms with Gasteiger partial charge in [-0.05, 0) is 25.7 Å². The first-order valence-electron chi connectivity index (χ1n) is 6.01. The summed E-state index contributed by atoms with van der Waals surface area (Å²) in [6.45, 7) is 2.10. The Morgan fingerprint density at radius 3 is 2.94 bits per heavy atom. The van der Waals surface area contributed by atoms with E-state index in [1.54, 1.807) is 6.20 Å². The average molecular weight is 268 g/mol. The number of carboxylic acid groups (broad SMARTS) is 1. The summed E-state index contributed by atoms with van der Waals surface area (Å²) >= 11 is 1.10. The predicted octanol–water partition coefficient (Wildman–Crippen LogP) is 1.78. The number of carboxylic acids is 1. The number of thioether (sulfide) groups is 1. The fraction of sp³-hybridized carbons (Fsp3) is 0.583. The van der Waals surface area contributed by atoms with Gasteiger partial charge in [0.05, 0.1) is 5.75 Å². The van der Waals surface area contributed by atoms with Crippen molar-refractivity contribution in [1.29, 1.82) is 0 Å². The summed E-state index contributed by atoms with van der Waals surface area (Å²) in [4.78, 5) is 25.8. The van der Waals surface area contributed by atoms with Crippen LogP contribution in [0.3, 0.4) is 0 Å². The van der Waals surface area contributed by atoms with Gasteiger partial charge >= 0.3 is 5.97 Å². The van der Waals surface area contributed by atoms with Crippen LogP contribution in [0.4, 0.5) is 0 Å². The Bertz CT molecular complexity index is 496. The van der Waals surface area contributed by atoms with E-state index in [9.17, 15) is 9.59 Å². The van der Waals surface area contributed by atoms with Crippen molar-refractivity contribution < 1.29 is 9.90 Å². The first kappa shape index (κ1) is 13.1. The third-order valence-electron chi connectivity index (χ3n) is 3.40. The Hall–Kier alpha value is -1.30. The van der Waals surface area contributed by atoms with E-state index in [4.69, 9.17) is 5.11 Å². The van der Waals surface area contributed by atoms with Crippen molar-refractivity contribution in [2.75, 3.05) is 5.75 Å². The molecule has 1 aromatic rings. The van der Waals surface area contributed by atoms with Gasteiger partial charge in [-0.2, -0.15) is 4.98 Å². The summed E-state index contributed by atoms with van der Waals surface area (Å²) in [5, 5.41) is 9.21. The SMILES string of the molecule is CC(C1CCC1)n1ccc(=O)nc1SCC(=O)O. The van der Waals surface area contributed by atoms with Crippen LogP contribution >= 0.6 is 11.8 Å². The van der Waals surface area contributed by atoms with E-state index < -0.39 is 5.97 Å². The van der Waals surface area contributed by atoms with Gasteiger partial charge in [-0.25, -0.2) is 0 Å². The normalized spacial score (nSPS) is 17.2. The van der Waals surface area contributed by atoms with Crippen LogP contribution < -0.4 is 5.56 Å². The Morgan fingerprint density at radius 1 is 1.67 bits per heavy atom. The zero-order valence-electron chi connectivity index (χ0n) is 10.2. The fourth-order valence-corrected chi connectivity index (χ4v) is 2.87. The topological polar surface area (TPSA) is 72.2 Å². The van der Waals surface area contributed by atoms with Crippen LogP contribution in [0.2, 0.25) is 0 Å². The number of aromatic nitrogens is 2. The zero-order valence-corrected chi connectivity index (χ0v) is 11.0. The molecule has 0 aromatic carbocycles. The van der Waals surface area contributed by atoms with E-state index in [1.165, 1.54) is 25.3 Å². The third kappa shape index (κ3) is 2.93. The van der Waals surface area contributed by atoms with Crippen LogP contribution in [0.5, 0.6) is 0 Å². The van der Waals surface area contributed by atoms with Crippen molar-refractivity contribution in [3.63, 3.8) is 0 Å². The molecule has 0 saturated heterocycles. The van der Waals surface area contributed by atoms with Crippen molar-refractivity contribution in [3.8, 4) is 0 Å². The lowest BCUT2D eigenvalue weighted by molar-refractivity contribution is -0.133. The second-order valence-electron chi connectivity index (χ2n) is 4.57. The minimum Gasteiger partial charge on any atom is -0.481 e. The molecule has 0 amide bonds. The smallest absolute Gasteiger partial charge is 0.313 e. The molecule has 1 fully saturated rings. The number of aliphatic carboxylic acids is 1. The van der Waals surface area contributed by atoms with E-state index in [0.29, 0.717) is 11.1 Å². The molecule has 1 aliphatic carbocycles. The highest BCUT2D eigenvalue weighted by Crippen LogP contribution is 2.37. The summed E-state index contributed by atoms with van der Waals surface area (Å²) in [7, 11) is 0. The van der Waals surface area contributed by atoms with Crippen LogP contribution in [0, 0.1) is 5.92 Å². The zero-order chi connectivity index (χ0) is 13.1. The summed E-state index contributed by atoms with van der Waals surface area (Å²) in [5.41, 5.74) is -0.319. The second kappa shape index (κ2) is 5.56. The van der Waals surface area contributed by atoms with Gasteiger partial charge in [0.1, 0.15) is 0 Å². The lowest BCUT2D eigenvalue weighted by atomic mass is 9.80. The van der Waals surface area contributed by atoms with E-state index >= 15 is 0 Å². The summed E-state index contributed by atoms with van der Waals surface area (Å²) < 4.78 is 1.93. The first-order chi connectivity index (χ1) is 8.58. The number of nitrogens with zero attached hydrogens (tertiary/aromatic N) is 2. The Balaban J connectivity index is 2.21. The lowest BCUT2D eigenvalue weighted by Crippen LogP contribution is -2.26.